The van der Waals surface area contributed by atoms with Gasteiger partial charge in [-0.3, -0.25) is 0 Å². The van der Waals surface area contributed by atoms with Gasteiger partial charge in [0, 0.05) is 17.1 Å². The summed E-state index contributed by atoms with van der Waals surface area (Å²) in [6.07, 6.45) is 0. The predicted octanol–water partition coefficient (Wildman–Crippen LogP) is 4.26. The fourth-order valence-corrected chi connectivity index (χ4v) is 4.40. The first kappa shape index (κ1) is 21.8. The average molecular weight is 446 g/mol. The minimum atomic E-state index is -3.69. The smallest absolute Gasteiger partial charge is 0.341 e. The maximum Gasteiger partial charge on any atom is 0.341 e. The fraction of sp³-hybridized carbons (Fsp3) is 0.136. The molecule has 8 heteroatoms. The van der Waals surface area contributed by atoms with E-state index in [2.05, 4.69) is 4.72 Å². The zero-order chi connectivity index (χ0) is 21.7. The van der Waals surface area contributed by atoms with Crippen molar-refractivity contribution in [3.8, 4) is 16.9 Å². The molecule has 0 amide bonds. The minimum Gasteiger partial charge on any atom is -0.481 e. The van der Waals surface area contributed by atoms with E-state index in [-0.39, 0.29) is 11.4 Å². The van der Waals surface area contributed by atoms with Gasteiger partial charge in [-0.25, -0.2) is 17.9 Å². The Labute approximate surface area is 180 Å². The van der Waals surface area contributed by atoms with Crippen LogP contribution in [0.5, 0.6) is 5.75 Å². The number of benzene rings is 3. The summed E-state index contributed by atoms with van der Waals surface area (Å²) in [5.74, 6) is -0.729. The third-order valence-corrected chi connectivity index (χ3v) is 6.18. The molecule has 3 aromatic carbocycles. The van der Waals surface area contributed by atoms with Gasteiger partial charge in [0.05, 0.1) is 4.90 Å². The Morgan fingerprint density at radius 1 is 1.07 bits per heavy atom. The molecule has 3 rings (SSSR count). The van der Waals surface area contributed by atoms with Crippen LogP contribution in [-0.4, -0.2) is 26.1 Å². The van der Waals surface area contributed by atoms with Gasteiger partial charge in [0.1, 0.15) is 5.75 Å². The zero-order valence-electron chi connectivity index (χ0n) is 16.1. The molecule has 156 valence electrons. The molecule has 0 saturated heterocycles. The monoisotopic (exact) mass is 445 g/mol. The number of hydrogen-bond donors (Lipinski definition) is 2. The molecule has 0 saturated carbocycles. The molecule has 2 N–H and O–H groups in total. The highest BCUT2D eigenvalue weighted by Crippen LogP contribution is 2.32. The first-order chi connectivity index (χ1) is 14.3. The summed E-state index contributed by atoms with van der Waals surface area (Å²) in [5.41, 5.74) is 2.68. The molecular weight excluding hydrogens is 426 g/mol. The van der Waals surface area contributed by atoms with Gasteiger partial charge in [0.2, 0.25) is 10.0 Å². The Kier molecular flexibility index (Phi) is 6.77. The van der Waals surface area contributed by atoms with Crippen molar-refractivity contribution in [1.82, 2.24) is 4.72 Å². The number of aliphatic carboxylic acids is 1. The van der Waals surface area contributed by atoms with Gasteiger partial charge in [-0.15, -0.1) is 0 Å². The van der Waals surface area contributed by atoms with Crippen LogP contribution >= 0.6 is 11.6 Å². The largest absolute Gasteiger partial charge is 0.481 e. The second-order valence-corrected chi connectivity index (χ2v) is 8.79. The second kappa shape index (κ2) is 9.30. The predicted molar refractivity (Wildman–Crippen MR) is 115 cm³/mol. The maximum atomic E-state index is 12.7. The first-order valence-corrected chi connectivity index (χ1v) is 10.9. The summed E-state index contributed by atoms with van der Waals surface area (Å²) in [6, 6.07) is 18.8. The van der Waals surface area contributed by atoms with Crippen molar-refractivity contribution in [2.45, 2.75) is 18.4 Å². The quantitative estimate of drug-likeness (QED) is 0.540. The Bertz CT molecular complexity index is 1180. The third-order valence-electron chi connectivity index (χ3n) is 4.38. The van der Waals surface area contributed by atoms with Gasteiger partial charge in [0.15, 0.2) is 6.61 Å². The van der Waals surface area contributed by atoms with Gasteiger partial charge >= 0.3 is 5.97 Å². The number of sulfonamides is 1. The Balaban J connectivity index is 1.90. The lowest BCUT2D eigenvalue weighted by Gasteiger charge is -2.14. The average Bonchev–Trinajstić information content (AvgIpc) is 2.71. The maximum absolute atomic E-state index is 12.7. The van der Waals surface area contributed by atoms with Gasteiger partial charge in [-0.2, -0.15) is 0 Å². The third kappa shape index (κ3) is 5.38. The lowest BCUT2D eigenvalue weighted by molar-refractivity contribution is -0.139. The molecule has 0 fully saturated rings. The van der Waals surface area contributed by atoms with Crippen molar-refractivity contribution < 1.29 is 23.1 Å². The number of carbonyl (C=O) groups is 1. The molecule has 3 aromatic rings. The fourth-order valence-electron chi connectivity index (χ4n) is 2.95. The molecule has 0 unspecified atom stereocenters. The van der Waals surface area contributed by atoms with Gasteiger partial charge in [0.25, 0.3) is 0 Å². The number of rotatable bonds is 8. The summed E-state index contributed by atoms with van der Waals surface area (Å²) in [4.78, 5) is 11.1. The van der Waals surface area contributed by atoms with Gasteiger partial charge in [-0.05, 0) is 53.9 Å². The van der Waals surface area contributed by atoms with Crippen LogP contribution < -0.4 is 9.46 Å². The van der Waals surface area contributed by atoms with E-state index in [4.69, 9.17) is 21.4 Å². The normalized spacial score (nSPS) is 11.3. The molecule has 0 bridgehead atoms. The molecule has 0 heterocycles. The molecular formula is C22H20ClNO5S. The van der Waals surface area contributed by atoms with E-state index in [0.717, 1.165) is 5.56 Å². The van der Waals surface area contributed by atoms with E-state index < -0.39 is 22.6 Å². The van der Waals surface area contributed by atoms with Crippen molar-refractivity contribution in [2.24, 2.45) is 0 Å². The van der Waals surface area contributed by atoms with Gasteiger partial charge in [-0.1, -0.05) is 48.0 Å². The van der Waals surface area contributed by atoms with E-state index in [1.54, 1.807) is 67.6 Å². The number of aryl methyl sites for hydroxylation is 1. The number of nitrogens with one attached hydrogen (secondary N) is 1. The van der Waals surface area contributed by atoms with Crippen molar-refractivity contribution >= 4 is 27.6 Å². The van der Waals surface area contributed by atoms with E-state index in [1.165, 1.54) is 0 Å². The summed E-state index contributed by atoms with van der Waals surface area (Å²) < 4.78 is 33.3. The Hall–Kier alpha value is -2.87. The highest BCUT2D eigenvalue weighted by Gasteiger charge is 2.17. The van der Waals surface area contributed by atoms with E-state index in [9.17, 15) is 13.2 Å². The first-order valence-electron chi connectivity index (χ1n) is 9.05. The van der Waals surface area contributed by atoms with Crippen molar-refractivity contribution in [1.29, 1.82) is 0 Å². The number of halogens is 1. The lowest BCUT2D eigenvalue weighted by atomic mass is 10.0. The highest BCUT2D eigenvalue weighted by atomic mass is 35.5. The molecule has 0 aliphatic rings. The van der Waals surface area contributed by atoms with E-state index in [1.807, 2.05) is 6.07 Å². The summed E-state index contributed by atoms with van der Waals surface area (Å²) in [7, 11) is -3.69. The Morgan fingerprint density at radius 3 is 2.53 bits per heavy atom. The number of carboxylic acids is 1. The van der Waals surface area contributed by atoms with E-state index >= 15 is 0 Å². The molecule has 0 aliphatic carbocycles. The molecule has 0 aliphatic heterocycles. The number of ether oxygens (including phenoxy) is 1. The van der Waals surface area contributed by atoms with Crippen molar-refractivity contribution in [2.75, 3.05) is 6.61 Å². The van der Waals surface area contributed by atoms with Crippen LogP contribution in [0.15, 0.2) is 71.6 Å². The van der Waals surface area contributed by atoms with Crippen LogP contribution in [0.2, 0.25) is 5.02 Å². The lowest BCUT2D eigenvalue weighted by Crippen LogP contribution is -2.24. The molecule has 0 radical (unpaired) electrons. The summed E-state index contributed by atoms with van der Waals surface area (Å²) in [6.45, 7) is 1.30. The molecule has 6 nitrogen and oxygen atoms in total. The van der Waals surface area contributed by atoms with Crippen molar-refractivity contribution in [3.05, 3.63) is 82.9 Å². The SMILES string of the molecule is Cc1ccccc1S(=O)(=O)NCc1ccc(OCC(=O)O)c(-c2cccc(Cl)c2)c1. The molecule has 0 atom stereocenters. The summed E-state index contributed by atoms with van der Waals surface area (Å²) in [5, 5.41) is 9.43. The number of hydrogen-bond acceptors (Lipinski definition) is 4. The van der Waals surface area contributed by atoms with Crippen LogP contribution in [-0.2, 0) is 21.4 Å². The second-order valence-electron chi connectivity index (χ2n) is 6.61. The number of carboxylic acid groups (broad SMARTS) is 1. The van der Waals surface area contributed by atoms with Crippen molar-refractivity contribution in [3.63, 3.8) is 0 Å². The molecule has 0 aromatic heterocycles. The van der Waals surface area contributed by atoms with Crippen LogP contribution in [0.1, 0.15) is 11.1 Å². The van der Waals surface area contributed by atoms with Crippen LogP contribution in [0, 0.1) is 6.92 Å². The van der Waals surface area contributed by atoms with E-state index in [0.29, 0.717) is 27.5 Å². The van der Waals surface area contributed by atoms with Crippen LogP contribution in [0.3, 0.4) is 0 Å². The zero-order valence-corrected chi connectivity index (χ0v) is 17.7. The minimum absolute atomic E-state index is 0.0590. The molecule has 0 spiro atoms. The highest BCUT2D eigenvalue weighted by molar-refractivity contribution is 7.89. The molecule has 30 heavy (non-hydrogen) atoms. The standard InChI is InChI=1S/C22H20ClNO5S/c1-15-5-2-3-8-21(15)30(27,28)24-13-16-9-10-20(29-14-22(25)26)19(11-16)17-6-4-7-18(23)12-17/h2-12,24H,13-14H2,1H3,(H,25,26). The van der Waals surface area contributed by atoms with Gasteiger partial charge < -0.3 is 9.84 Å². The topological polar surface area (TPSA) is 92.7 Å². The Morgan fingerprint density at radius 2 is 1.83 bits per heavy atom. The van der Waals surface area contributed by atoms with Crippen LogP contribution in [0.4, 0.5) is 0 Å². The van der Waals surface area contributed by atoms with Crippen LogP contribution in [0.25, 0.3) is 11.1 Å². The summed E-state index contributed by atoms with van der Waals surface area (Å²) >= 11 is 6.09.